The number of hydrogen-bond donors (Lipinski definition) is 1. The van der Waals surface area contributed by atoms with Gasteiger partial charge < -0.3 is 5.32 Å². The van der Waals surface area contributed by atoms with Crippen molar-refractivity contribution in [3.05, 3.63) is 0 Å². The standard InChI is InChI=1S/C12H22F3N/c1-10(2,3)9-7-5-6-8-11(9,16-4)12(13,14)15/h9,16H,5-8H2,1-4H3. The molecule has 0 amide bonds. The van der Waals surface area contributed by atoms with E-state index in [4.69, 9.17) is 0 Å². The van der Waals surface area contributed by atoms with Crippen molar-refractivity contribution < 1.29 is 13.2 Å². The normalized spacial score (nSPS) is 32.8. The van der Waals surface area contributed by atoms with E-state index in [9.17, 15) is 13.2 Å². The topological polar surface area (TPSA) is 12.0 Å². The van der Waals surface area contributed by atoms with Crippen LogP contribution < -0.4 is 5.32 Å². The SMILES string of the molecule is CNC1(C(F)(F)F)CCCCC1C(C)(C)C. The molecule has 2 unspecified atom stereocenters. The molecule has 0 saturated heterocycles. The van der Waals surface area contributed by atoms with Crippen molar-refractivity contribution in [1.29, 1.82) is 0 Å². The maximum absolute atomic E-state index is 13.3. The summed E-state index contributed by atoms with van der Waals surface area (Å²) in [5.41, 5.74) is -2.01. The van der Waals surface area contributed by atoms with Crippen molar-refractivity contribution in [2.75, 3.05) is 7.05 Å². The summed E-state index contributed by atoms with van der Waals surface area (Å²) in [5, 5.41) is 2.59. The second kappa shape index (κ2) is 4.21. The third-order valence-electron chi connectivity index (χ3n) is 3.91. The predicted octanol–water partition coefficient (Wildman–Crippen LogP) is 3.74. The molecule has 1 rings (SSSR count). The zero-order valence-corrected chi connectivity index (χ0v) is 10.5. The lowest BCUT2D eigenvalue weighted by Crippen LogP contribution is -2.64. The van der Waals surface area contributed by atoms with E-state index >= 15 is 0 Å². The van der Waals surface area contributed by atoms with E-state index in [1.165, 1.54) is 7.05 Å². The van der Waals surface area contributed by atoms with E-state index in [-0.39, 0.29) is 17.8 Å². The maximum atomic E-state index is 13.3. The molecule has 0 aromatic carbocycles. The minimum Gasteiger partial charge on any atom is -0.306 e. The molecular weight excluding hydrogens is 215 g/mol. The zero-order valence-electron chi connectivity index (χ0n) is 10.5. The van der Waals surface area contributed by atoms with Gasteiger partial charge in [-0.05, 0) is 31.2 Å². The fraction of sp³-hybridized carbons (Fsp3) is 1.00. The molecule has 1 aliphatic rings. The van der Waals surface area contributed by atoms with Gasteiger partial charge in [0.15, 0.2) is 0 Å². The molecule has 1 aliphatic carbocycles. The summed E-state index contributed by atoms with van der Waals surface area (Å²) >= 11 is 0. The van der Waals surface area contributed by atoms with Gasteiger partial charge in [-0.15, -0.1) is 0 Å². The van der Waals surface area contributed by atoms with Crippen LogP contribution in [0.25, 0.3) is 0 Å². The Hall–Kier alpha value is -0.250. The van der Waals surface area contributed by atoms with Gasteiger partial charge in [0.25, 0.3) is 0 Å². The summed E-state index contributed by atoms with van der Waals surface area (Å²) in [6, 6.07) is 0. The van der Waals surface area contributed by atoms with Crippen LogP contribution in [0.4, 0.5) is 13.2 Å². The number of hydrogen-bond acceptors (Lipinski definition) is 1. The van der Waals surface area contributed by atoms with Gasteiger partial charge in [0, 0.05) is 0 Å². The van der Waals surface area contributed by atoms with Crippen LogP contribution >= 0.6 is 0 Å². The fourth-order valence-electron chi connectivity index (χ4n) is 3.13. The molecule has 4 heteroatoms. The van der Waals surface area contributed by atoms with E-state index in [0.717, 1.165) is 6.42 Å². The van der Waals surface area contributed by atoms with Gasteiger partial charge in [-0.1, -0.05) is 33.6 Å². The molecule has 0 heterocycles. The lowest BCUT2D eigenvalue weighted by molar-refractivity contribution is -0.230. The highest BCUT2D eigenvalue weighted by Crippen LogP contribution is 2.51. The minimum absolute atomic E-state index is 0.203. The molecule has 0 aliphatic heterocycles. The molecular formula is C12H22F3N. The monoisotopic (exact) mass is 237 g/mol. The van der Waals surface area contributed by atoms with Crippen LogP contribution in [0.2, 0.25) is 0 Å². The number of halogens is 3. The van der Waals surface area contributed by atoms with Crippen molar-refractivity contribution in [2.24, 2.45) is 11.3 Å². The highest BCUT2D eigenvalue weighted by atomic mass is 19.4. The molecule has 2 atom stereocenters. The molecule has 0 aromatic heterocycles. The van der Waals surface area contributed by atoms with E-state index in [2.05, 4.69) is 5.32 Å². The molecule has 1 nitrogen and oxygen atoms in total. The van der Waals surface area contributed by atoms with E-state index in [1.807, 2.05) is 20.8 Å². The quantitative estimate of drug-likeness (QED) is 0.732. The first-order valence-corrected chi connectivity index (χ1v) is 5.91. The van der Waals surface area contributed by atoms with Crippen LogP contribution in [-0.4, -0.2) is 18.8 Å². The average Bonchev–Trinajstić information content (AvgIpc) is 2.14. The van der Waals surface area contributed by atoms with E-state index in [1.54, 1.807) is 0 Å². The van der Waals surface area contributed by atoms with Crippen molar-refractivity contribution in [1.82, 2.24) is 5.32 Å². The molecule has 96 valence electrons. The first-order chi connectivity index (χ1) is 7.15. The molecule has 0 radical (unpaired) electrons. The number of alkyl halides is 3. The summed E-state index contributed by atoms with van der Waals surface area (Å²) in [6.45, 7) is 5.71. The Kier molecular flexibility index (Phi) is 3.63. The third kappa shape index (κ3) is 2.22. The largest absolute Gasteiger partial charge is 0.406 e. The Morgan fingerprint density at radius 3 is 2.00 bits per heavy atom. The van der Waals surface area contributed by atoms with Crippen LogP contribution in [0.5, 0.6) is 0 Å². The molecule has 16 heavy (non-hydrogen) atoms. The number of rotatable bonds is 1. The summed E-state index contributed by atoms with van der Waals surface area (Å²) in [6.07, 6.45) is -1.74. The molecule has 0 bridgehead atoms. The van der Waals surface area contributed by atoms with Crippen LogP contribution in [0.3, 0.4) is 0 Å². The van der Waals surface area contributed by atoms with Crippen molar-refractivity contribution in [2.45, 2.75) is 58.2 Å². The van der Waals surface area contributed by atoms with Gasteiger partial charge in [-0.3, -0.25) is 0 Å². The second-order valence-electron chi connectivity index (χ2n) is 5.88. The summed E-state index contributed by atoms with van der Waals surface area (Å²) in [7, 11) is 1.44. The van der Waals surface area contributed by atoms with E-state index in [0.29, 0.717) is 12.8 Å². The van der Waals surface area contributed by atoms with Crippen LogP contribution in [0.1, 0.15) is 46.5 Å². The Morgan fingerprint density at radius 2 is 1.69 bits per heavy atom. The highest BCUT2D eigenvalue weighted by molar-refractivity contribution is 5.05. The highest BCUT2D eigenvalue weighted by Gasteiger charge is 2.61. The summed E-state index contributed by atoms with van der Waals surface area (Å²) in [4.78, 5) is 0. The first-order valence-electron chi connectivity index (χ1n) is 5.91. The fourth-order valence-corrected chi connectivity index (χ4v) is 3.13. The van der Waals surface area contributed by atoms with E-state index < -0.39 is 11.7 Å². The van der Waals surface area contributed by atoms with Crippen molar-refractivity contribution in [3.8, 4) is 0 Å². The zero-order chi connectivity index (χ0) is 12.6. The maximum Gasteiger partial charge on any atom is 0.406 e. The van der Waals surface area contributed by atoms with Gasteiger partial charge in [-0.25, -0.2) is 0 Å². The average molecular weight is 237 g/mol. The van der Waals surface area contributed by atoms with Crippen LogP contribution in [0, 0.1) is 11.3 Å². The van der Waals surface area contributed by atoms with Gasteiger partial charge in [0.05, 0.1) is 0 Å². The van der Waals surface area contributed by atoms with Gasteiger partial charge >= 0.3 is 6.18 Å². The molecule has 0 aromatic rings. The summed E-state index contributed by atoms with van der Waals surface area (Å²) < 4.78 is 39.9. The Bertz CT molecular complexity index is 242. The minimum atomic E-state index is -4.17. The van der Waals surface area contributed by atoms with Crippen molar-refractivity contribution >= 4 is 0 Å². The van der Waals surface area contributed by atoms with Gasteiger partial charge in [0.2, 0.25) is 0 Å². The van der Waals surface area contributed by atoms with Crippen molar-refractivity contribution in [3.63, 3.8) is 0 Å². The van der Waals surface area contributed by atoms with Crippen LogP contribution in [-0.2, 0) is 0 Å². The Labute approximate surface area is 95.8 Å². The lowest BCUT2D eigenvalue weighted by Gasteiger charge is -2.50. The second-order valence-corrected chi connectivity index (χ2v) is 5.88. The van der Waals surface area contributed by atoms with Gasteiger partial charge in [-0.2, -0.15) is 13.2 Å². The first kappa shape index (κ1) is 13.8. The summed E-state index contributed by atoms with van der Waals surface area (Å²) in [5.74, 6) is -0.348. The van der Waals surface area contributed by atoms with Crippen LogP contribution in [0.15, 0.2) is 0 Å². The predicted molar refractivity (Wildman–Crippen MR) is 59.3 cm³/mol. The molecule has 0 spiro atoms. The molecule has 1 saturated carbocycles. The molecule has 1 fully saturated rings. The molecule has 1 N–H and O–H groups in total. The lowest BCUT2D eigenvalue weighted by atomic mass is 9.61. The Morgan fingerprint density at radius 1 is 1.12 bits per heavy atom. The third-order valence-corrected chi connectivity index (χ3v) is 3.91. The Balaban J connectivity index is 3.12. The number of nitrogens with one attached hydrogen (secondary N) is 1. The smallest absolute Gasteiger partial charge is 0.306 e. The van der Waals surface area contributed by atoms with Gasteiger partial charge in [0.1, 0.15) is 5.54 Å².